The van der Waals surface area contributed by atoms with Gasteiger partial charge >= 0.3 is 0 Å². The maximum absolute atomic E-state index is 14.8. The van der Waals surface area contributed by atoms with Crippen molar-refractivity contribution >= 4 is 16.7 Å². The molecular formula is C39H46F4N4O. The summed E-state index contributed by atoms with van der Waals surface area (Å²) in [5, 5.41) is 9.37. The molecule has 1 aliphatic carbocycles. The van der Waals surface area contributed by atoms with Gasteiger partial charge in [-0.3, -0.25) is 9.36 Å². The van der Waals surface area contributed by atoms with Crippen LogP contribution in [0.4, 0.5) is 17.6 Å². The topological polar surface area (TPSA) is 71.6 Å². The zero-order valence-corrected chi connectivity index (χ0v) is 28.8. The Morgan fingerprint density at radius 2 is 1.67 bits per heavy atom. The number of aryl methyl sites for hydroxylation is 2. The van der Waals surface area contributed by atoms with Gasteiger partial charge in [0.25, 0.3) is 5.56 Å². The van der Waals surface area contributed by atoms with Crippen molar-refractivity contribution in [2.75, 3.05) is 0 Å². The number of hydrogen-bond acceptors (Lipinski definition) is 4. The fraction of sp³-hybridized carbons (Fsp3) is 0.487. The third-order valence-electron chi connectivity index (χ3n) is 9.76. The van der Waals surface area contributed by atoms with Crippen molar-refractivity contribution < 1.29 is 17.6 Å². The van der Waals surface area contributed by atoms with Crippen molar-refractivity contribution in [2.45, 2.75) is 117 Å². The lowest BCUT2D eigenvalue weighted by Crippen LogP contribution is -2.29. The average Bonchev–Trinajstić information content (AvgIpc) is 3.00. The second kappa shape index (κ2) is 14.3. The smallest absolute Gasteiger partial charge is 0.267 e. The van der Waals surface area contributed by atoms with E-state index in [9.17, 15) is 22.4 Å². The van der Waals surface area contributed by atoms with E-state index in [4.69, 9.17) is 15.4 Å². The largest absolute Gasteiger partial charge is 0.304 e. The average molecular weight is 663 g/mol. The molecule has 0 spiro atoms. The third kappa shape index (κ3) is 7.25. The van der Waals surface area contributed by atoms with E-state index in [2.05, 4.69) is 6.92 Å². The number of rotatable bonds is 11. The van der Waals surface area contributed by atoms with Crippen LogP contribution in [0, 0.1) is 36.8 Å². The van der Waals surface area contributed by atoms with Crippen LogP contribution in [0.25, 0.3) is 16.7 Å². The molecule has 1 saturated carbocycles. The van der Waals surface area contributed by atoms with Crippen molar-refractivity contribution in [3.63, 3.8) is 0 Å². The number of nitrogens with one attached hydrogen (secondary N) is 1. The Kier molecular flexibility index (Phi) is 10.6. The van der Waals surface area contributed by atoms with Gasteiger partial charge < -0.3 is 5.41 Å². The van der Waals surface area contributed by atoms with E-state index in [1.165, 1.54) is 12.1 Å². The van der Waals surface area contributed by atoms with Crippen LogP contribution >= 0.6 is 0 Å². The van der Waals surface area contributed by atoms with Gasteiger partial charge in [-0.25, -0.2) is 27.5 Å². The molecule has 0 saturated heterocycles. The van der Waals surface area contributed by atoms with Crippen LogP contribution in [0.3, 0.4) is 0 Å². The number of hydrogen-bond donors (Lipinski definition) is 1. The van der Waals surface area contributed by atoms with Crippen LogP contribution < -0.4 is 5.56 Å². The second-order valence-electron chi connectivity index (χ2n) is 13.8. The highest BCUT2D eigenvalue weighted by Gasteiger charge is 2.36. The van der Waals surface area contributed by atoms with Crippen molar-refractivity contribution in [1.82, 2.24) is 14.5 Å². The van der Waals surface area contributed by atoms with Crippen LogP contribution in [0.1, 0.15) is 124 Å². The first-order chi connectivity index (χ1) is 22.7. The Morgan fingerprint density at radius 1 is 1.00 bits per heavy atom. The SMILES string of the molecule is CCCc1ccc(-n2c(C(CCC)Cc3cc(F)cc(F)c3)nc3nc(C4CCC(F)(F)CC4)cc(C)c3c2=O)c(C)c1C(=N)C(C)C. The number of pyridine rings is 1. The summed E-state index contributed by atoms with van der Waals surface area (Å²) in [7, 11) is 0. The summed E-state index contributed by atoms with van der Waals surface area (Å²) in [6, 6.07) is 9.19. The van der Waals surface area contributed by atoms with Crippen LogP contribution in [-0.4, -0.2) is 26.2 Å². The Bertz CT molecular complexity index is 1870. The van der Waals surface area contributed by atoms with Crippen LogP contribution in [0.15, 0.2) is 41.2 Å². The van der Waals surface area contributed by atoms with Gasteiger partial charge in [-0.15, -0.1) is 0 Å². The Morgan fingerprint density at radius 3 is 2.27 bits per heavy atom. The Hall–Kier alpha value is -3.88. The van der Waals surface area contributed by atoms with Gasteiger partial charge in [-0.05, 0) is 98.4 Å². The number of alkyl halides is 2. The number of fused-ring (bicyclic) bond motifs is 1. The van der Waals surface area contributed by atoms with Gasteiger partial charge in [-0.1, -0.05) is 46.6 Å². The van der Waals surface area contributed by atoms with E-state index in [-0.39, 0.29) is 42.3 Å². The van der Waals surface area contributed by atoms with Crippen molar-refractivity contribution in [2.24, 2.45) is 5.92 Å². The molecule has 1 N–H and O–H groups in total. The molecule has 4 aromatic rings. The predicted molar refractivity (Wildman–Crippen MR) is 184 cm³/mol. The van der Waals surface area contributed by atoms with Crippen molar-refractivity contribution in [1.29, 1.82) is 5.41 Å². The zero-order chi connectivity index (χ0) is 34.9. The molecule has 1 atom stereocenters. The minimum absolute atomic E-state index is 0.0409. The third-order valence-corrected chi connectivity index (χ3v) is 9.76. The standard InChI is InChI=1S/C39H46F4N4O/c1-7-9-27-11-12-32(24(6)34(27)35(44)22(3)4)47-37(28(10-8-2)18-25-19-29(40)21-30(41)20-25)46-36-33(38(47)48)23(5)17-31(45-36)26-13-15-39(42,43)16-14-26/h11-12,17,19-22,26,28,44H,7-10,13-16,18H2,1-6H3. The van der Waals surface area contributed by atoms with Crippen LogP contribution in [0.2, 0.25) is 0 Å². The lowest BCUT2D eigenvalue weighted by Gasteiger charge is -2.28. The van der Waals surface area contributed by atoms with Crippen molar-refractivity contribution in [3.8, 4) is 5.69 Å². The van der Waals surface area contributed by atoms with Crippen LogP contribution in [0.5, 0.6) is 0 Å². The maximum atomic E-state index is 14.8. The first-order valence-corrected chi connectivity index (χ1v) is 17.2. The molecule has 0 bridgehead atoms. The van der Waals surface area contributed by atoms with E-state index in [1.54, 1.807) is 4.57 Å². The minimum Gasteiger partial charge on any atom is -0.304 e. The lowest BCUT2D eigenvalue weighted by atomic mass is 9.84. The molecule has 2 heterocycles. The molecule has 9 heteroatoms. The van der Waals surface area contributed by atoms with E-state index in [0.29, 0.717) is 58.7 Å². The zero-order valence-electron chi connectivity index (χ0n) is 28.8. The molecule has 5 rings (SSSR count). The minimum atomic E-state index is -2.68. The number of aromatic nitrogens is 3. The summed E-state index contributed by atoms with van der Waals surface area (Å²) >= 11 is 0. The van der Waals surface area contributed by atoms with Crippen molar-refractivity contribution in [3.05, 3.63) is 97.7 Å². The first-order valence-electron chi connectivity index (χ1n) is 17.2. The van der Waals surface area contributed by atoms with Gasteiger partial charge in [-0.2, -0.15) is 0 Å². The van der Waals surface area contributed by atoms with Gasteiger partial charge in [0.1, 0.15) is 17.5 Å². The molecule has 48 heavy (non-hydrogen) atoms. The molecule has 2 aromatic heterocycles. The molecule has 1 unspecified atom stereocenters. The molecule has 2 aromatic carbocycles. The molecule has 0 amide bonds. The fourth-order valence-electron chi connectivity index (χ4n) is 7.28. The molecule has 256 valence electrons. The Balaban J connectivity index is 1.79. The van der Waals surface area contributed by atoms with Gasteiger partial charge in [0.2, 0.25) is 5.92 Å². The van der Waals surface area contributed by atoms with E-state index < -0.39 is 23.5 Å². The summed E-state index contributed by atoms with van der Waals surface area (Å²) in [6.45, 7) is 11.8. The van der Waals surface area contributed by atoms with Crippen LogP contribution in [-0.2, 0) is 12.8 Å². The van der Waals surface area contributed by atoms with E-state index in [0.717, 1.165) is 42.0 Å². The normalized spacial score (nSPS) is 15.7. The number of nitrogens with zero attached hydrogens (tertiary/aromatic N) is 3. The summed E-state index contributed by atoms with van der Waals surface area (Å²) < 4.78 is 58.3. The van der Waals surface area contributed by atoms with Gasteiger partial charge in [0.15, 0.2) is 5.65 Å². The highest BCUT2D eigenvalue weighted by Crippen LogP contribution is 2.41. The Labute approximate surface area is 280 Å². The molecule has 5 nitrogen and oxygen atoms in total. The first kappa shape index (κ1) is 35.4. The fourth-order valence-corrected chi connectivity index (χ4v) is 7.28. The number of halogens is 4. The maximum Gasteiger partial charge on any atom is 0.267 e. The van der Waals surface area contributed by atoms with Gasteiger partial charge in [0.05, 0.1) is 11.1 Å². The lowest BCUT2D eigenvalue weighted by molar-refractivity contribution is -0.0384. The van der Waals surface area contributed by atoms with E-state index >= 15 is 0 Å². The summed E-state index contributed by atoms with van der Waals surface area (Å²) in [4.78, 5) is 24.7. The van der Waals surface area contributed by atoms with E-state index in [1.807, 2.05) is 52.8 Å². The monoisotopic (exact) mass is 662 g/mol. The predicted octanol–water partition coefficient (Wildman–Crippen LogP) is 10.1. The quantitative estimate of drug-likeness (QED) is 0.128. The molecule has 1 aliphatic rings. The molecule has 0 radical (unpaired) electrons. The molecule has 1 fully saturated rings. The highest BCUT2D eigenvalue weighted by molar-refractivity contribution is 6.02. The highest BCUT2D eigenvalue weighted by atomic mass is 19.3. The molecular weight excluding hydrogens is 616 g/mol. The summed E-state index contributed by atoms with van der Waals surface area (Å²) in [5.41, 5.74) is 5.45. The van der Waals surface area contributed by atoms with Gasteiger partial charge in [0, 0.05) is 47.7 Å². The second-order valence-corrected chi connectivity index (χ2v) is 13.8. The summed E-state index contributed by atoms with van der Waals surface area (Å²) in [5.74, 6) is -4.23. The molecule has 0 aliphatic heterocycles. The summed E-state index contributed by atoms with van der Waals surface area (Å²) in [6.07, 6.45) is 3.39. The number of benzene rings is 2.